The summed E-state index contributed by atoms with van der Waals surface area (Å²) in [6.07, 6.45) is -1.62. The standard InChI is InChI=1S/C32H22F4N4O4/c33-22-8-17(13-37)4-5-19(22)14-44-31-3-1-2-26(39-31)21-12-23(34)20(9-24(21)35)11-30-38-27-7-6-18(32(41)42)10-28(27)40(30)29-16-43-15-25(29)36/h1-10,12,25,29H,11,14-16H2,(H,41,42)/t25-,29-/m1/s1. The van der Waals surface area contributed by atoms with E-state index in [1.807, 2.05) is 6.07 Å². The molecule has 1 saturated heterocycles. The van der Waals surface area contributed by atoms with E-state index in [2.05, 4.69) is 9.97 Å². The van der Waals surface area contributed by atoms with E-state index in [0.29, 0.717) is 11.0 Å². The number of nitriles is 1. The van der Waals surface area contributed by atoms with Gasteiger partial charge in [-0.05, 0) is 54.1 Å². The van der Waals surface area contributed by atoms with Gasteiger partial charge >= 0.3 is 5.97 Å². The highest BCUT2D eigenvalue weighted by molar-refractivity contribution is 5.92. The Hall–Kier alpha value is -5.28. The first-order chi connectivity index (χ1) is 21.2. The molecule has 0 radical (unpaired) electrons. The molecule has 1 fully saturated rings. The molecule has 3 heterocycles. The van der Waals surface area contributed by atoms with Gasteiger partial charge in [0.15, 0.2) is 0 Å². The Labute approximate surface area is 247 Å². The van der Waals surface area contributed by atoms with Crippen molar-refractivity contribution in [3.8, 4) is 23.2 Å². The normalized spacial score (nSPS) is 16.2. The van der Waals surface area contributed by atoms with Crippen molar-refractivity contribution >= 4 is 17.0 Å². The Balaban J connectivity index is 1.29. The number of hydrogen-bond donors (Lipinski definition) is 1. The van der Waals surface area contributed by atoms with Gasteiger partial charge in [-0.15, -0.1) is 0 Å². The zero-order valence-corrected chi connectivity index (χ0v) is 22.8. The van der Waals surface area contributed by atoms with E-state index in [-0.39, 0.29) is 71.5 Å². The molecule has 222 valence electrons. The van der Waals surface area contributed by atoms with E-state index in [9.17, 15) is 18.7 Å². The lowest BCUT2D eigenvalue weighted by molar-refractivity contribution is 0.0697. The zero-order valence-electron chi connectivity index (χ0n) is 22.8. The highest BCUT2D eigenvalue weighted by atomic mass is 19.1. The highest BCUT2D eigenvalue weighted by Gasteiger charge is 2.33. The van der Waals surface area contributed by atoms with Gasteiger partial charge in [0.2, 0.25) is 5.88 Å². The molecule has 0 spiro atoms. The minimum atomic E-state index is -1.41. The maximum absolute atomic E-state index is 15.5. The second-order valence-corrected chi connectivity index (χ2v) is 10.2. The number of carboxylic acid groups (broad SMARTS) is 1. The van der Waals surface area contributed by atoms with E-state index in [0.717, 1.165) is 18.2 Å². The summed E-state index contributed by atoms with van der Waals surface area (Å²) < 4.78 is 72.3. The number of ether oxygens (including phenoxy) is 2. The predicted octanol–water partition coefficient (Wildman–Crippen LogP) is 6.16. The van der Waals surface area contributed by atoms with Gasteiger partial charge in [0.1, 0.15) is 36.1 Å². The van der Waals surface area contributed by atoms with E-state index >= 15 is 8.78 Å². The van der Waals surface area contributed by atoms with Crippen LogP contribution in [0, 0.1) is 28.8 Å². The Morgan fingerprint density at radius 3 is 2.55 bits per heavy atom. The van der Waals surface area contributed by atoms with E-state index < -0.39 is 35.6 Å². The molecule has 2 aromatic heterocycles. The fourth-order valence-corrected chi connectivity index (χ4v) is 5.14. The molecule has 2 atom stereocenters. The minimum Gasteiger partial charge on any atom is -0.478 e. The summed E-state index contributed by atoms with van der Waals surface area (Å²) in [7, 11) is 0. The fraction of sp³-hybridized carbons (Fsp3) is 0.188. The van der Waals surface area contributed by atoms with Crippen molar-refractivity contribution in [1.29, 1.82) is 5.26 Å². The lowest BCUT2D eigenvalue weighted by atomic mass is 10.0. The van der Waals surface area contributed by atoms with E-state index in [4.69, 9.17) is 14.7 Å². The van der Waals surface area contributed by atoms with Crippen LogP contribution in [0.25, 0.3) is 22.3 Å². The van der Waals surface area contributed by atoms with Crippen molar-refractivity contribution in [2.24, 2.45) is 0 Å². The van der Waals surface area contributed by atoms with Crippen LogP contribution in [-0.2, 0) is 17.8 Å². The Morgan fingerprint density at radius 2 is 1.82 bits per heavy atom. The number of carboxylic acids is 1. The van der Waals surface area contributed by atoms with Gasteiger partial charge in [0.25, 0.3) is 0 Å². The molecule has 1 aliphatic heterocycles. The predicted molar refractivity (Wildman–Crippen MR) is 149 cm³/mol. The van der Waals surface area contributed by atoms with Crippen LogP contribution in [-0.4, -0.2) is 45.0 Å². The van der Waals surface area contributed by atoms with E-state index in [1.54, 1.807) is 0 Å². The second-order valence-electron chi connectivity index (χ2n) is 10.2. The third kappa shape index (κ3) is 5.57. The van der Waals surface area contributed by atoms with Gasteiger partial charge in [-0.3, -0.25) is 0 Å². The molecular formula is C32H22F4N4O4. The zero-order chi connectivity index (χ0) is 31.0. The molecule has 1 N–H and O–H groups in total. The molecule has 6 rings (SSSR count). The molecule has 0 saturated carbocycles. The van der Waals surface area contributed by atoms with Crippen LogP contribution in [0.1, 0.15) is 38.9 Å². The number of imidazole rings is 1. The molecule has 0 unspecified atom stereocenters. The number of hydrogen-bond acceptors (Lipinski definition) is 6. The third-order valence-electron chi connectivity index (χ3n) is 7.37. The first-order valence-corrected chi connectivity index (χ1v) is 13.4. The monoisotopic (exact) mass is 602 g/mol. The summed E-state index contributed by atoms with van der Waals surface area (Å²) in [5.74, 6) is -3.08. The summed E-state index contributed by atoms with van der Waals surface area (Å²) in [6.45, 7) is -0.350. The lowest BCUT2D eigenvalue weighted by Gasteiger charge is -2.18. The quantitative estimate of drug-likeness (QED) is 0.212. The second kappa shape index (κ2) is 11.8. The summed E-state index contributed by atoms with van der Waals surface area (Å²) in [5, 5.41) is 18.4. The molecule has 3 aromatic carbocycles. The van der Waals surface area contributed by atoms with Crippen LogP contribution in [0.4, 0.5) is 17.6 Å². The Morgan fingerprint density at radius 1 is 1.00 bits per heavy atom. The van der Waals surface area contributed by atoms with Crippen molar-refractivity contribution in [2.75, 3.05) is 13.2 Å². The maximum atomic E-state index is 15.5. The van der Waals surface area contributed by atoms with Crippen molar-refractivity contribution in [1.82, 2.24) is 14.5 Å². The average Bonchev–Trinajstić information content (AvgIpc) is 3.59. The summed E-state index contributed by atoms with van der Waals surface area (Å²) >= 11 is 0. The summed E-state index contributed by atoms with van der Waals surface area (Å²) in [6, 6.07) is 15.7. The molecule has 1 aliphatic rings. The number of carbonyl (C=O) groups is 1. The van der Waals surface area contributed by atoms with E-state index in [1.165, 1.54) is 53.1 Å². The van der Waals surface area contributed by atoms with Crippen molar-refractivity contribution in [3.05, 3.63) is 112 Å². The van der Waals surface area contributed by atoms with Gasteiger partial charge < -0.3 is 19.1 Å². The number of rotatable bonds is 8. The van der Waals surface area contributed by atoms with Gasteiger partial charge in [-0.1, -0.05) is 12.1 Å². The van der Waals surface area contributed by atoms with Crippen LogP contribution in [0.3, 0.4) is 0 Å². The first-order valence-electron chi connectivity index (χ1n) is 13.4. The molecule has 0 amide bonds. The topological polar surface area (TPSA) is 110 Å². The number of benzene rings is 3. The number of aromatic nitrogens is 3. The molecule has 8 nitrogen and oxygen atoms in total. The van der Waals surface area contributed by atoms with Crippen LogP contribution in [0.2, 0.25) is 0 Å². The number of alkyl halides is 1. The largest absolute Gasteiger partial charge is 0.478 e. The highest BCUT2D eigenvalue weighted by Crippen LogP contribution is 2.32. The third-order valence-corrected chi connectivity index (χ3v) is 7.37. The number of pyridine rings is 1. The molecule has 0 bridgehead atoms. The number of nitrogens with zero attached hydrogens (tertiary/aromatic N) is 4. The molecule has 12 heteroatoms. The van der Waals surface area contributed by atoms with Crippen molar-refractivity contribution in [2.45, 2.75) is 25.2 Å². The summed E-state index contributed by atoms with van der Waals surface area (Å²) in [4.78, 5) is 20.3. The number of halogens is 4. The number of fused-ring (bicyclic) bond motifs is 1. The Bertz CT molecular complexity index is 1960. The van der Waals surface area contributed by atoms with Crippen molar-refractivity contribution < 1.29 is 36.9 Å². The number of aromatic carboxylic acids is 1. The molecule has 5 aromatic rings. The lowest BCUT2D eigenvalue weighted by Crippen LogP contribution is -2.21. The molecule has 0 aliphatic carbocycles. The maximum Gasteiger partial charge on any atom is 0.335 e. The smallest absolute Gasteiger partial charge is 0.335 e. The van der Waals surface area contributed by atoms with Gasteiger partial charge in [0.05, 0.1) is 53.2 Å². The van der Waals surface area contributed by atoms with Crippen molar-refractivity contribution in [3.63, 3.8) is 0 Å². The first kappa shape index (κ1) is 28.8. The van der Waals surface area contributed by atoms with Gasteiger partial charge in [0, 0.05) is 23.6 Å². The SMILES string of the molecule is N#Cc1ccc(COc2cccc(-c3cc(F)c(Cc4nc5ccc(C(=O)O)cc5n4[C@@H]4COC[C@H]4F)cc3F)n2)c(F)c1. The average molecular weight is 603 g/mol. The van der Waals surface area contributed by atoms with Crippen LogP contribution >= 0.6 is 0 Å². The molecular weight excluding hydrogens is 580 g/mol. The van der Waals surface area contributed by atoms with Crippen LogP contribution in [0.5, 0.6) is 5.88 Å². The summed E-state index contributed by atoms with van der Waals surface area (Å²) in [5.41, 5.74) is 0.917. The minimum absolute atomic E-state index is 0.00854. The van der Waals surface area contributed by atoms with Gasteiger partial charge in [-0.25, -0.2) is 32.3 Å². The Kier molecular flexibility index (Phi) is 7.71. The van der Waals surface area contributed by atoms with Crippen LogP contribution < -0.4 is 4.74 Å². The van der Waals surface area contributed by atoms with Crippen LogP contribution in [0.15, 0.2) is 66.7 Å². The molecule has 44 heavy (non-hydrogen) atoms. The van der Waals surface area contributed by atoms with Gasteiger partial charge in [-0.2, -0.15) is 5.26 Å². The fourth-order valence-electron chi connectivity index (χ4n) is 5.14.